The first-order valence-corrected chi connectivity index (χ1v) is 11.5. The van der Waals surface area contributed by atoms with Gasteiger partial charge in [-0.15, -0.1) is 0 Å². The number of ether oxygens (including phenoxy) is 3. The molecule has 0 aliphatic carbocycles. The molecule has 1 N–H and O–H groups in total. The average molecular weight is 467 g/mol. The van der Waals surface area contributed by atoms with Crippen molar-refractivity contribution in [3.8, 4) is 11.5 Å². The summed E-state index contributed by atoms with van der Waals surface area (Å²) in [6.07, 6.45) is 1.91. The summed E-state index contributed by atoms with van der Waals surface area (Å²) in [7, 11) is 0. The third-order valence-corrected chi connectivity index (χ3v) is 6.03. The van der Waals surface area contributed by atoms with Crippen LogP contribution in [0.15, 0.2) is 30.3 Å². The summed E-state index contributed by atoms with van der Waals surface area (Å²) in [5.41, 5.74) is 3.85. The molecule has 4 rings (SSSR count). The van der Waals surface area contributed by atoms with Gasteiger partial charge in [0.2, 0.25) is 5.91 Å². The number of amides is 2. The lowest BCUT2D eigenvalue weighted by atomic mass is 10.1. The average Bonchev–Trinajstić information content (AvgIpc) is 3.32. The number of carbonyl (C=O) groups excluding carboxylic acids is 3. The van der Waals surface area contributed by atoms with Crippen LogP contribution in [0.2, 0.25) is 0 Å². The normalized spacial score (nSPS) is 17.2. The Labute approximate surface area is 199 Å². The van der Waals surface area contributed by atoms with Gasteiger partial charge in [0.25, 0.3) is 5.91 Å². The number of anilines is 1. The van der Waals surface area contributed by atoms with Crippen LogP contribution in [-0.4, -0.2) is 56.6 Å². The number of nitrogens with one attached hydrogen (secondary N) is 1. The van der Waals surface area contributed by atoms with Crippen molar-refractivity contribution in [3.63, 3.8) is 0 Å². The molecule has 2 aromatic rings. The van der Waals surface area contributed by atoms with Crippen molar-refractivity contribution in [1.82, 2.24) is 5.32 Å². The van der Waals surface area contributed by atoms with Crippen molar-refractivity contribution in [1.29, 1.82) is 0 Å². The molecular weight excluding hydrogens is 436 g/mol. The van der Waals surface area contributed by atoms with E-state index < -0.39 is 0 Å². The number of hydrogen-bond acceptors (Lipinski definition) is 6. The van der Waals surface area contributed by atoms with Gasteiger partial charge in [0.15, 0.2) is 19.0 Å². The number of fused-ring (bicyclic) bond motifs is 1. The van der Waals surface area contributed by atoms with Crippen LogP contribution in [0.5, 0.6) is 11.5 Å². The van der Waals surface area contributed by atoms with E-state index in [-0.39, 0.29) is 43.5 Å². The number of hydrogen-bond donors (Lipinski definition) is 1. The van der Waals surface area contributed by atoms with Crippen LogP contribution in [0.3, 0.4) is 0 Å². The maximum Gasteiger partial charge on any atom is 0.265 e. The summed E-state index contributed by atoms with van der Waals surface area (Å²) in [6, 6.07) is 8.90. The Morgan fingerprint density at radius 2 is 1.91 bits per heavy atom. The predicted octanol–water partition coefficient (Wildman–Crippen LogP) is 2.89. The Morgan fingerprint density at radius 3 is 2.62 bits per heavy atom. The van der Waals surface area contributed by atoms with E-state index in [0.29, 0.717) is 35.9 Å². The second kappa shape index (κ2) is 10.3. The third kappa shape index (κ3) is 5.39. The number of benzene rings is 2. The molecule has 1 atom stereocenters. The molecule has 2 aliphatic heterocycles. The number of aryl methyl sites for hydroxylation is 3. The molecule has 1 unspecified atom stereocenters. The van der Waals surface area contributed by atoms with E-state index in [9.17, 15) is 14.4 Å². The number of Topliss-reactive ketones (excluding diaryl/α,β-unsaturated/α-hetero) is 1. The van der Waals surface area contributed by atoms with Gasteiger partial charge in [-0.3, -0.25) is 19.3 Å². The topological polar surface area (TPSA) is 94.2 Å². The quantitative estimate of drug-likeness (QED) is 0.602. The summed E-state index contributed by atoms with van der Waals surface area (Å²) in [5, 5.41) is 2.83. The van der Waals surface area contributed by atoms with E-state index in [1.54, 1.807) is 18.2 Å². The molecule has 2 aromatic carbocycles. The van der Waals surface area contributed by atoms with Gasteiger partial charge in [0.1, 0.15) is 18.0 Å². The van der Waals surface area contributed by atoms with Crippen LogP contribution in [0.25, 0.3) is 0 Å². The fraction of sp³-hybridized carbons (Fsp3) is 0.423. The van der Waals surface area contributed by atoms with Crippen molar-refractivity contribution in [2.45, 2.75) is 39.7 Å². The molecule has 0 saturated carbocycles. The molecule has 2 heterocycles. The largest absolute Gasteiger partial charge is 0.485 e. The highest BCUT2D eigenvalue weighted by Crippen LogP contribution is 2.33. The van der Waals surface area contributed by atoms with Crippen LogP contribution in [0.1, 0.15) is 39.9 Å². The lowest BCUT2D eigenvalue weighted by Gasteiger charge is -2.29. The van der Waals surface area contributed by atoms with Gasteiger partial charge in [-0.05, 0) is 62.9 Å². The first-order chi connectivity index (χ1) is 16.3. The highest BCUT2D eigenvalue weighted by Gasteiger charge is 2.29. The molecule has 2 aliphatic rings. The summed E-state index contributed by atoms with van der Waals surface area (Å²) < 4.78 is 16.9. The smallest absolute Gasteiger partial charge is 0.265 e. The minimum atomic E-state index is -0.341. The molecule has 34 heavy (non-hydrogen) atoms. The van der Waals surface area contributed by atoms with Gasteiger partial charge in [-0.25, -0.2) is 0 Å². The SMILES string of the molecule is Cc1cc(C)c(OCC(=O)c2ccc3c(c2)N(CC(=O)NCC2CCCO2)C(=O)CO3)c(C)c1. The maximum absolute atomic E-state index is 12.9. The van der Waals surface area contributed by atoms with Crippen LogP contribution in [-0.2, 0) is 14.3 Å². The second-order valence-electron chi connectivity index (χ2n) is 8.83. The Kier molecular flexibility index (Phi) is 7.17. The van der Waals surface area contributed by atoms with Crippen molar-refractivity contribution < 1.29 is 28.6 Å². The lowest BCUT2D eigenvalue weighted by molar-refractivity contribution is -0.125. The predicted molar refractivity (Wildman–Crippen MR) is 127 cm³/mol. The molecule has 8 heteroatoms. The number of nitrogens with zero attached hydrogens (tertiary/aromatic N) is 1. The van der Waals surface area contributed by atoms with Gasteiger partial charge < -0.3 is 19.5 Å². The molecule has 0 bridgehead atoms. The van der Waals surface area contributed by atoms with E-state index in [1.165, 1.54) is 4.90 Å². The minimum absolute atomic E-state index is 0.0154. The molecule has 0 aromatic heterocycles. The fourth-order valence-electron chi connectivity index (χ4n) is 4.40. The van der Waals surface area contributed by atoms with Crippen LogP contribution < -0.4 is 19.7 Å². The minimum Gasteiger partial charge on any atom is -0.485 e. The van der Waals surface area contributed by atoms with Gasteiger partial charge in [0, 0.05) is 18.7 Å². The van der Waals surface area contributed by atoms with Gasteiger partial charge >= 0.3 is 0 Å². The zero-order valence-corrected chi connectivity index (χ0v) is 19.8. The summed E-state index contributed by atoms with van der Waals surface area (Å²) in [4.78, 5) is 39.3. The summed E-state index contributed by atoms with van der Waals surface area (Å²) in [6.45, 7) is 6.58. The van der Waals surface area contributed by atoms with E-state index in [4.69, 9.17) is 14.2 Å². The van der Waals surface area contributed by atoms with Crippen LogP contribution >= 0.6 is 0 Å². The molecule has 180 valence electrons. The van der Waals surface area contributed by atoms with Crippen LogP contribution in [0, 0.1) is 20.8 Å². The summed E-state index contributed by atoms with van der Waals surface area (Å²) >= 11 is 0. The zero-order chi connectivity index (χ0) is 24.2. The Balaban J connectivity index is 1.44. The van der Waals surface area contributed by atoms with E-state index in [0.717, 1.165) is 29.5 Å². The van der Waals surface area contributed by atoms with Crippen molar-refractivity contribution in [2.75, 3.05) is 37.8 Å². The number of carbonyl (C=O) groups is 3. The first-order valence-electron chi connectivity index (χ1n) is 11.5. The fourth-order valence-corrected chi connectivity index (χ4v) is 4.40. The lowest BCUT2D eigenvalue weighted by Crippen LogP contribution is -2.46. The first kappa shape index (κ1) is 23.8. The standard InChI is InChI=1S/C26H30N2O6/c1-16-9-17(2)26(18(3)10-16)34-14-22(29)19-6-7-23-21(11-19)28(25(31)15-33-23)13-24(30)27-12-20-5-4-8-32-20/h6-7,9-11,20H,4-5,8,12-15H2,1-3H3,(H,27,30). The Hall–Kier alpha value is -3.39. The van der Waals surface area contributed by atoms with E-state index >= 15 is 0 Å². The van der Waals surface area contributed by atoms with E-state index in [2.05, 4.69) is 5.32 Å². The van der Waals surface area contributed by atoms with Gasteiger partial charge in [-0.2, -0.15) is 0 Å². The van der Waals surface area contributed by atoms with Crippen molar-refractivity contribution >= 4 is 23.3 Å². The molecular formula is C26H30N2O6. The van der Waals surface area contributed by atoms with Crippen LogP contribution in [0.4, 0.5) is 5.69 Å². The Bertz CT molecular complexity index is 1080. The number of rotatable bonds is 8. The molecule has 1 saturated heterocycles. The van der Waals surface area contributed by atoms with E-state index in [1.807, 2.05) is 32.9 Å². The number of ketones is 1. The monoisotopic (exact) mass is 466 g/mol. The van der Waals surface area contributed by atoms with Crippen molar-refractivity contribution in [2.24, 2.45) is 0 Å². The highest BCUT2D eigenvalue weighted by atomic mass is 16.5. The second-order valence-corrected chi connectivity index (χ2v) is 8.83. The molecule has 2 amide bonds. The molecule has 0 radical (unpaired) electrons. The third-order valence-electron chi connectivity index (χ3n) is 6.03. The maximum atomic E-state index is 12.9. The molecule has 8 nitrogen and oxygen atoms in total. The van der Waals surface area contributed by atoms with Gasteiger partial charge in [-0.1, -0.05) is 17.7 Å². The zero-order valence-electron chi connectivity index (χ0n) is 19.8. The van der Waals surface area contributed by atoms with Crippen molar-refractivity contribution in [3.05, 3.63) is 52.6 Å². The summed E-state index contributed by atoms with van der Waals surface area (Å²) in [5.74, 6) is 0.283. The highest BCUT2D eigenvalue weighted by molar-refractivity contribution is 6.04. The van der Waals surface area contributed by atoms with Gasteiger partial charge in [0.05, 0.1) is 11.8 Å². The Morgan fingerprint density at radius 1 is 1.15 bits per heavy atom. The molecule has 0 spiro atoms. The molecule has 1 fully saturated rings.